The van der Waals surface area contributed by atoms with Crippen molar-refractivity contribution >= 4 is 5.91 Å². The number of carbonyl (C=O) groups excluding carboxylic acids is 1. The van der Waals surface area contributed by atoms with Crippen LogP contribution in [0.1, 0.15) is 41.7 Å². The van der Waals surface area contributed by atoms with Gasteiger partial charge in [-0.2, -0.15) is 13.2 Å². The van der Waals surface area contributed by atoms with Crippen LogP contribution in [-0.4, -0.2) is 28.6 Å². The van der Waals surface area contributed by atoms with E-state index in [1.165, 1.54) is 6.07 Å². The Bertz CT molecular complexity index is 499. The first-order valence-corrected chi connectivity index (χ1v) is 6.88. The second-order valence-electron chi connectivity index (χ2n) is 5.22. The van der Waals surface area contributed by atoms with Gasteiger partial charge < -0.3 is 10.4 Å². The van der Waals surface area contributed by atoms with Crippen LogP contribution in [0, 0.1) is 5.92 Å². The van der Waals surface area contributed by atoms with Gasteiger partial charge in [-0.15, -0.1) is 0 Å². The molecule has 1 aromatic rings. The minimum Gasteiger partial charge on any atom is -0.391 e. The van der Waals surface area contributed by atoms with Crippen molar-refractivity contribution in [1.82, 2.24) is 10.3 Å². The van der Waals surface area contributed by atoms with Crippen LogP contribution >= 0.6 is 0 Å². The summed E-state index contributed by atoms with van der Waals surface area (Å²) in [7, 11) is 0. The number of aromatic nitrogens is 1. The highest BCUT2D eigenvalue weighted by atomic mass is 19.4. The van der Waals surface area contributed by atoms with Crippen LogP contribution in [0.5, 0.6) is 0 Å². The molecule has 1 heterocycles. The molecule has 4 nitrogen and oxygen atoms in total. The third kappa shape index (κ3) is 3.93. The molecule has 1 atom stereocenters. The molecule has 2 N–H and O–H groups in total. The molecule has 0 unspecified atom stereocenters. The first-order chi connectivity index (χ1) is 9.89. The number of hydrogen-bond donors (Lipinski definition) is 2. The summed E-state index contributed by atoms with van der Waals surface area (Å²) < 4.78 is 38.3. The lowest BCUT2D eigenvalue weighted by atomic mass is 10.0. The number of carbonyl (C=O) groups is 1. The summed E-state index contributed by atoms with van der Waals surface area (Å²) >= 11 is 0. The molecule has 0 radical (unpaired) electrons. The Labute approximate surface area is 120 Å². The Morgan fingerprint density at radius 1 is 1.43 bits per heavy atom. The number of amides is 1. The van der Waals surface area contributed by atoms with Crippen molar-refractivity contribution in [2.45, 2.75) is 38.0 Å². The molecule has 1 fully saturated rings. The van der Waals surface area contributed by atoms with E-state index in [0.717, 1.165) is 37.9 Å². The molecule has 0 aromatic carbocycles. The number of rotatable bonds is 4. The Kier molecular flexibility index (Phi) is 4.82. The normalized spacial score (nSPS) is 17.7. The lowest BCUT2D eigenvalue weighted by Crippen LogP contribution is -2.36. The summed E-state index contributed by atoms with van der Waals surface area (Å²) in [6.45, 7) is -0.0459. The van der Waals surface area contributed by atoms with E-state index in [0.29, 0.717) is 0 Å². The monoisotopic (exact) mass is 302 g/mol. The minimum absolute atomic E-state index is 0.0459. The average molecular weight is 302 g/mol. The van der Waals surface area contributed by atoms with Crippen LogP contribution in [-0.2, 0) is 6.18 Å². The molecule has 1 amide bonds. The van der Waals surface area contributed by atoms with Crippen LogP contribution in [0.15, 0.2) is 18.3 Å². The number of alkyl halides is 3. The van der Waals surface area contributed by atoms with Gasteiger partial charge >= 0.3 is 6.18 Å². The van der Waals surface area contributed by atoms with Gasteiger partial charge in [-0.25, -0.2) is 0 Å². The summed E-state index contributed by atoms with van der Waals surface area (Å²) in [5, 5.41) is 12.3. The predicted octanol–water partition coefficient (Wildman–Crippen LogP) is 2.38. The van der Waals surface area contributed by atoms with E-state index in [1.54, 1.807) is 0 Å². The van der Waals surface area contributed by atoms with Crippen molar-refractivity contribution in [1.29, 1.82) is 0 Å². The van der Waals surface area contributed by atoms with E-state index in [4.69, 9.17) is 0 Å². The van der Waals surface area contributed by atoms with Gasteiger partial charge in [0.2, 0.25) is 0 Å². The molecule has 2 rings (SSSR count). The zero-order chi connectivity index (χ0) is 15.5. The number of halogens is 3. The topological polar surface area (TPSA) is 62.2 Å². The number of aliphatic hydroxyl groups excluding tert-OH is 1. The molecule has 1 aliphatic carbocycles. The molecular weight excluding hydrogens is 285 g/mol. The van der Waals surface area contributed by atoms with Gasteiger partial charge in [0, 0.05) is 12.7 Å². The van der Waals surface area contributed by atoms with Gasteiger partial charge in [-0.3, -0.25) is 9.78 Å². The first-order valence-electron chi connectivity index (χ1n) is 6.88. The molecular formula is C14H17F3N2O2. The maximum absolute atomic E-state index is 12.8. The summed E-state index contributed by atoms with van der Waals surface area (Å²) in [5.74, 6) is -0.756. The molecule has 7 heteroatoms. The van der Waals surface area contributed by atoms with E-state index in [9.17, 15) is 23.1 Å². The molecule has 0 bridgehead atoms. The Hall–Kier alpha value is -1.63. The van der Waals surface area contributed by atoms with Gasteiger partial charge in [0.1, 0.15) is 0 Å². The van der Waals surface area contributed by atoms with E-state index >= 15 is 0 Å². The molecule has 1 aliphatic rings. The second-order valence-corrected chi connectivity index (χ2v) is 5.22. The number of hydrogen-bond acceptors (Lipinski definition) is 3. The third-order valence-corrected chi connectivity index (χ3v) is 3.74. The molecule has 21 heavy (non-hydrogen) atoms. The molecule has 1 aromatic heterocycles. The van der Waals surface area contributed by atoms with E-state index in [-0.39, 0.29) is 12.5 Å². The smallest absolute Gasteiger partial charge is 0.391 e. The van der Waals surface area contributed by atoms with Gasteiger partial charge in [-0.1, -0.05) is 12.8 Å². The van der Waals surface area contributed by atoms with E-state index < -0.39 is 29.4 Å². The number of aliphatic hydroxyl groups is 1. The lowest BCUT2D eigenvalue weighted by molar-refractivity contribution is -0.141. The van der Waals surface area contributed by atoms with Gasteiger partial charge in [0.15, 0.2) is 5.69 Å². The highest BCUT2D eigenvalue weighted by Crippen LogP contribution is 2.30. The molecule has 1 saturated carbocycles. The number of nitrogens with one attached hydrogen (secondary N) is 1. The molecule has 0 saturated heterocycles. The maximum Gasteiger partial charge on any atom is 0.434 e. The third-order valence-electron chi connectivity index (χ3n) is 3.74. The van der Waals surface area contributed by atoms with Crippen LogP contribution < -0.4 is 5.32 Å². The van der Waals surface area contributed by atoms with Gasteiger partial charge in [0.25, 0.3) is 5.91 Å². The Balaban J connectivity index is 2.00. The van der Waals surface area contributed by atoms with Crippen LogP contribution in [0.2, 0.25) is 0 Å². The SMILES string of the molecule is O=C(NC[C@H](O)C1CCCC1)c1cccnc1C(F)(F)F. The highest BCUT2D eigenvalue weighted by Gasteiger charge is 2.37. The fraction of sp³-hybridized carbons (Fsp3) is 0.571. The highest BCUT2D eigenvalue weighted by molar-refractivity contribution is 5.95. The van der Waals surface area contributed by atoms with Gasteiger partial charge in [0.05, 0.1) is 11.7 Å². The predicted molar refractivity (Wildman–Crippen MR) is 69.5 cm³/mol. The van der Waals surface area contributed by atoms with E-state index in [2.05, 4.69) is 10.3 Å². The molecule has 0 spiro atoms. The molecule has 116 valence electrons. The van der Waals surface area contributed by atoms with Crippen molar-refractivity contribution in [2.24, 2.45) is 5.92 Å². The quantitative estimate of drug-likeness (QED) is 0.897. The van der Waals surface area contributed by atoms with Crippen LogP contribution in [0.3, 0.4) is 0 Å². The van der Waals surface area contributed by atoms with Crippen molar-refractivity contribution in [2.75, 3.05) is 6.54 Å². The maximum atomic E-state index is 12.8. The molecule has 0 aliphatic heterocycles. The standard InChI is InChI=1S/C14H17F3N2O2/c15-14(16,17)12-10(6-3-7-18-12)13(21)19-8-11(20)9-4-1-2-5-9/h3,6-7,9,11,20H,1-2,4-5,8H2,(H,19,21)/t11-/m0/s1. The summed E-state index contributed by atoms with van der Waals surface area (Å²) in [4.78, 5) is 15.1. The zero-order valence-electron chi connectivity index (χ0n) is 11.4. The Morgan fingerprint density at radius 2 is 2.10 bits per heavy atom. The summed E-state index contributed by atoms with van der Waals surface area (Å²) in [6, 6.07) is 2.35. The fourth-order valence-electron chi connectivity index (χ4n) is 2.62. The van der Waals surface area contributed by atoms with Gasteiger partial charge in [-0.05, 0) is 30.9 Å². The summed E-state index contributed by atoms with van der Waals surface area (Å²) in [6.07, 6.45) is -0.560. The van der Waals surface area contributed by atoms with Crippen molar-refractivity contribution in [3.63, 3.8) is 0 Å². The van der Waals surface area contributed by atoms with E-state index in [1.807, 2.05) is 0 Å². The second kappa shape index (κ2) is 6.43. The van der Waals surface area contributed by atoms with Crippen molar-refractivity contribution in [3.05, 3.63) is 29.6 Å². The number of nitrogens with zero attached hydrogens (tertiary/aromatic N) is 1. The average Bonchev–Trinajstić information content (AvgIpc) is 2.97. The van der Waals surface area contributed by atoms with Crippen molar-refractivity contribution < 1.29 is 23.1 Å². The van der Waals surface area contributed by atoms with Crippen molar-refractivity contribution in [3.8, 4) is 0 Å². The first kappa shape index (κ1) is 15.8. The summed E-state index contributed by atoms with van der Waals surface area (Å²) in [5.41, 5.74) is -1.73. The fourth-order valence-corrected chi connectivity index (χ4v) is 2.62. The largest absolute Gasteiger partial charge is 0.434 e. The zero-order valence-corrected chi connectivity index (χ0v) is 11.4. The lowest BCUT2D eigenvalue weighted by Gasteiger charge is -2.18. The number of pyridine rings is 1. The van der Waals surface area contributed by atoms with Crippen LogP contribution in [0.4, 0.5) is 13.2 Å². The Morgan fingerprint density at radius 3 is 2.71 bits per heavy atom. The van der Waals surface area contributed by atoms with Crippen LogP contribution in [0.25, 0.3) is 0 Å². The minimum atomic E-state index is -4.68.